The van der Waals surface area contributed by atoms with Gasteiger partial charge in [-0.15, -0.1) is 0 Å². The number of carboxylic acids is 1. The van der Waals surface area contributed by atoms with E-state index in [2.05, 4.69) is 17.3 Å². The second kappa shape index (κ2) is 5.75. The van der Waals surface area contributed by atoms with Crippen LogP contribution in [0.15, 0.2) is 6.07 Å². The van der Waals surface area contributed by atoms with Crippen LogP contribution in [0, 0.1) is 5.92 Å². The van der Waals surface area contributed by atoms with Crippen molar-refractivity contribution < 1.29 is 24.5 Å². The minimum absolute atomic E-state index is 0.0369. The molecule has 3 N–H and O–H groups in total. The quantitative estimate of drug-likeness (QED) is 0.727. The highest BCUT2D eigenvalue weighted by molar-refractivity contribution is 5.69. The largest absolute Gasteiger partial charge is 0.504 e. The van der Waals surface area contributed by atoms with Crippen molar-refractivity contribution >= 4 is 5.97 Å². The van der Waals surface area contributed by atoms with Crippen molar-refractivity contribution in [1.29, 1.82) is 0 Å². The summed E-state index contributed by atoms with van der Waals surface area (Å²) in [7, 11) is 3.84. The van der Waals surface area contributed by atoms with Crippen LogP contribution in [-0.4, -0.2) is 66.5 Å². The summed E-state index contributed by atoms with van der Waals surface area (Å²) in [5, 5.41) is 23.0. The Morgan fingerprint density at radius 3 is 3.04 bits per heavy atom. The van der Waals surface area contributed by atoms with E-state index in [1.807, 2.05) is 0 Å². The maximum Gasteiger partial charge on any atom is 0.317 e. The molecular formula is C20H26N2O5. The molecule has 5 rings (SSSR count). The van der Waals surface area contributed by atoms with Crippen LogP contribution in [0.4, 0.5) is 0 Å². The van der Waals surface area contributed by atoms with Gasteiger partial charge in [0.25, 0.3) is 0 Å². The molecule has 2 aliphatic heterocycles. The van der Waals surface area contributed by atoms with Crippen LogP contribution in [0.25, 0.3) is 0 Å². The fraction of sp³-hybridized carbons (Fsp3) is 0.650. The van der Waals surface area contributed by atoms with Gasteiger partial charge in [-0.3, -0.25) is 4.79 Å². The summed E-state index contributed by atoms with van der Waals surface area (Å²) >= 11 is 0. The Hall–Kier alpha value is -1.99. The minimum atomic E-state index is -0.861. The number of carbonyl (C=O) groups is 1. The van der Waals surface area contributed by atoms with Crippen LogP contribution in [-0.2, 0) is 16.6 Å². The van der Waals surface area contributed by atoms with E-state index < -0.39 is 5.97 Å². The molecule has 1 saturated heterocycles. The van der Waals surface area contributed by atoms with Crippen molar-refractivity contribution in [2.45, 2.75) is 49.3 Å². The van der Waals surface area contributed by atoms with E-state index in [9.17, 15) is 9.90 Å². The van der Waals surface area contributed by atoms with Gasteiger partial charge in [-0.2, -0.15) is 0 Å². The number of phenols is 1. The molecule has 0 unspecified atom stereocenters. The lowest BCUT2D eigenvalue weighted by Crippen LogP contribution is -2.68. The smallest absolute Gasteiger partial charge is 0.317 e. The van der Waals surface area contributed by atoms with Gasteiger partial charge in [-0.05, 0) is 45.2 Å². The molecule has 2 heterocycles. The number of nitrogens with one attached hydrogen (secondary N) is 1. The lowest BCUT2D eigenvalue weighted by Gasteiger charge is -2.59. The molecule has 7 nitrogen and oxygen atoms in total. The topological polar surface area (TPSA) is 91.3 Å². The Kier molecular flexibility index (Phi) is 3.65. The van der Waals surface area contributed by atoms with Crippen LogP contribution in [0.1, 0.15) is 30.4 Å². The van der Waals surface area contributed by atoms with Crippen molar-refractivity contribution in [3.05, 3.63) is 17.2 Å². The number of hydrogen-bond acceptors (Lipinski definition) is 6. The van der Waals surface area contributed by atoms with E-state index in [-0.39, 0.29) is 29.9 Å². The highest BCUT2D eigenvalue weighted by Crippen LogP contribution is 2.65. The molecule has 2 fully saturated rings. The number of likely N-dealkylation sites (N-methyl/N-ethyl adjacent to an activating group) is 1. The van der Waals surface area contributed by atoms with Crippen molar-refractivity contribution in [3.63, 3.8) is 0 Å². The van der Waals surface area contributed by atoms with Gasteiger partial charge in [-0.1, -0.05) is 0 Å². The van der Waals surface area contributed by atoms with Gasteiger partial charge in [0.05, 0.1) is 13.7 Å². The second-order valence-corrected chi connectivity index (χ2v) is 8.43. The fourth-order valence-electron chi connectivity index (χ4n) is 6.40. The minimum Gasteiger partial charge on any atom is -0.504 e. The van der Waals surface area contributed by atoms with E-state index in [4.69, 9.17) is 14.6 Å². The Labute approximate surface area is 158 Å². The Balaban J connectivity index is 1.67. The SMILES string of the molecule is COc1cc(O)c2c3c1C[C@@H]1[C@@H]4CC[C@H](NCC(=O)O)[C@H](O2)[C@]34CCN1C. The average molecular weight is 374 g/mol. The summed E-state index contributed by atoms with van der Waals surface area (Å²) in [4.78, 5) is 13.6. The zero-order valence-electron chi connectivity index (χ0n) is 15.7. The summed E-state index contributed by atoms with van der Waals surface area (Å²) in [6.45, 7) is 0.899. The number of piperidine rings is 1. The Morgan fingerprint density at radius 1 is 1.48 bits per heavy atom. The zero-order valence-corrected chi connectivity index (χ0v) is 15.7. The highest BCUT2D eigenvalue weighted by atomic mass is 16.5. The Morgan fingerprint density at radius 2 is 2.30 bits per heavy atom. The first kappa shape index (κ1) is 17.1. The summed E-state index contributed by atoms with van der Waals surface area (Å²) in [6, 6.07) is 2.05. The maximum atomic E-state index is 11.1. The molecular weight excluding hydrogens is 348 g/mol. The molecule has 2 bridgehead atoms. The molecule has 0 radical (unpaired) electrons. The molecule has 0 aromatic heterocycles. The molecule has 0 amide bonds. The van der Waals surface area contributed by atoms with Crippen LogP contribution >= 0.6 is 0 Å². The molecule has 1 aromatic rings. The number of phenolic OH excluding ortho intramolecular Hbond substituents is 1. The van der Waals surface area contributed by atoms with Gasteiger partial charge in [0.15, 0.2) is 11.5 Å². The van der Waals surface area contributed by atoms with Gasteiger partial charge in [0, 0.05) is 34.7 Å². The molecule has 5 atom stereocenters. The molecule has 1 aromatic carbocycles. The number of benzene rings is 1. The molecule has 27 heavy (non-hydrogen) atoms. The van der Waals surface area contributed by atoms with E-state index in [1.54, 1.807) is 13.2 Å². The van der Waals surface area contributed by atoms with Gasteiger partial charge < -0.3 is 29.9 Å². The highest BCUT2D eigenvalue weighted by Gasteiger charge is 2.65. The first-order valence-corrected chi connectivity index (χ1v) is 9.72. The number of nitrogens with zero attached hydrogens (tertiary/aromatic N) is 1. The Bertz CT molecular complexity index is 812. The number of methoxy groups -OCH3 is 1. The molecule has 2 aliphatic carbocycles. The van der Waals surface area contributed by atoms with E-state index in [0.29, 0.717) is 17.7 Å². The van der Waals surface area contributed by atoms with Crippen LogP contribution in [0.3, 0.4) is 0 Å². The maximum absolute atomic E-state index is 11.1. The van der Waals surface area contributed by atoms with Crippen molar-refractivity contribution in [1.82, 2.24) is 10.2 Å². The zero-order chi connectivity index (χ0) is 18.9. The van der Waals surface area contributed by atoms with Crippen molar-refractivity contribution in [2.75, 3.05) is 27.2 Å². The number of rotatable bonds is 4. The summed E-state index contributed by atoms with van der Waals surface area (Å²) in [5.41, 5.74) is 2.10. The normalized spacial score (nSPS) is 36.1. The molecule has 1 spiro atoms. The summed E-state index contributed by atoms with van der Waals surface area (Å²) < 4.78 is 12.0. The third-order valence-corrected chi connectivity index (χ3v) is 7.42. The fourth-order valence-corrected chi connectivity index (χ4v) is 6.40. The van der Waals surface area contributed by atoms with E-state index in [1.165, 1.54) is 0 Å². The predicted molar refractivity (Wildman–Crippen MR) is 97.6 cm³/mol. The molecule has 1 saturated carbocycles. The molecule has 146 valence electrons. The van der Waals surface area contributed by atoms with Crippen LogP contribution in [0.2, 0.25) is 0 Å². The van der Waals surface area contributed by atoms with Gasteiger partial charge in [0.1, 0.15) is 11.9 Å². The van der Waals surface area contributed by atoms with E-state index in [0.717, 1.165) is 49.1 Å². The van der Waals surface area contributed by atoms with Crippen molar-refractivity contribution in [2.24, 2.45) is 5.92 Å². The number of hydrogen-bond donors (Lipinski definition) is 3. The lowest BCUT2D eigenvalue weighted by molar-refractivity contribution is -0.136. The number of ether oxygens (including phenoxy) is 2. The van der Waals surface area contributed by atoms with Crippen LogP contribution < -0.4 is 14.8 Å². The third kappa shape index (κ3) is 2.12. The lowest BCUT2D eigenvalue weighted by atomic mass is 9.51. The number of aliphatic carboxylic acids is 1. The molecule has 4 aliphatic rings. The molecule has 7 heteroatoms. The number of aromatic hydroxyl groups is 1. The van der Waals surface area contributed by atoms with Gasteiger partial charge in [0.2, 0.25) is 0 Å². The summed E-state index contributed by atoms with van der Waals surface area (Å²) in [6.07, 6.45) is 3.61. The van der Waals surface area contributed by atoms with Gasteiger partial charge in [-0.25, -0.2) is 0 Å². The monoisotopic (exact) mass is 374 g/mol. The standard InChI is InChI=1S/C20H26N2O5/c1-22-6-5-20-11-3-4-12(21-9-16(24)25)19(20)27-18-14(23)8-15(26-2)10(17(18)20)7-13(11)22/h8,11-13,19,21,23H,3-7,9H2,1-2H3,(H,24,25)/t11-,12-,13+,19-,20-/m0/s1. The predicted octanol–water partition coefficient (Wildman–Crippen LogP) is 1.11. The van der Waals surface area contributed by atoms with Crippen LogP contribution in [0.5, 0.6) is 17.2 Å². The first-order chi connectivity index (χ1) is 13.0. The number of carboxylic acid groups (broad SMARTS) is 1. The summed E-state index contributed by atoms with van der Waals surface area (Å²) in [5.74, 6) is 1.04. The number of likely N-dealkylation sites (tertiary alicyclic amines) is 1. The first-order valence-electron chi connectivity index (χ1n) is 9.72. The van der Waals surface area contributed by atoms with E-state index >= 15 is 0 Å². The third-order valence-electron chi connectivity index (χ3n) is 7.42. The van der Waals surface area contributed by atoms with Crippen molar-refractivity contribution in [3.8, 4) is 17.2 Å². The van der Waals surface area contributed by atoms with Gasteiger partial charge >= 0.3 is 5.97 Å². The average Bonchev–Trinajstić information content (AvgIpc) is 2.99. The second-order valence-electron chi connectivity index (χ2n) is 8.43.